The molecule has 16 heavy (non-hydrogen) atoms. The Bertz CT molecular complexity index is 219. The molecule has 0 aromatic rings. The Morgan fingerprint density at radius 1 is 1.31 bits per heavy atom. The first-order valence-electron chi connectivity index (χ1n) is 6.16. The third kappa shape index (κ3) is 4.84. The topological polar surface area (TPSA) is 61.4 Å². The summed E-state index contributed by atoms with van der Waals surface area (Å²) in [6.07, 6.45) is 4.90. The van der Waals surface area contributed by atoms with Crippen LogP contribution in [-0.4, -0.2) is 30.8 Å². The number of urea groups is 1. The van der Waals surface area contributed by atoms with Crippen LogP contribution in [-0.2, 0) is 0 Å². The highest BCUT2D eigenvalue weighted by Crippen LogP contribution is 2.37. The van der Waals surface area contributed by atoms with E-state index < -0.39 is 0 Å². The number of aliphatic hydroxyl groups excluding tert-OH is 1. The number of amides is 2. The van der Waals surface area contributed by atoms with E-state index in [0.717, 1.165) is 6.54 Å². The van der Waals surface area contributed by atoms with E-state index in [9.17, 15) is 4.79 Å². The summed E-state index contributed by atoms with van der Waals surface area (Å²) in [5.41, 5.74) is 0.482. The van der Waals surface area contributed by atoms with Crippen molar-refractivity contribution >= 4 is 6.03 Å². The zero-order valence-corrected chi connectivity index (χ0v) is 10.4. The molecule has 4 nitrogen and oxygen atoms in total. The molecule has 1 aliphatic rings. The highest BCUT2D eigenvalue weighted by atomic mass is 16.3. The SMILES string of the molecule is CC1(C)CCC(CNC(=O)NCCO)CC1. The van der Waals surface area contributed by atoms with Gasteiger partial charge in [0.05, 0.1) is 6.61 Å². The third-order valence-corrected chi connectivity index (χ3v) is 3.41. The normalized spacial score (nSPS) is 20.4. The Labute approximate surface area is 97.8 Å². The van der Waals surface area contributed by atoms with Crippen LogP contribution in [0.5, 0.6) is 0 Å². The molecule has 0 unspecified atom stereocenters. The number of hydrogen-bond donors (Lipinski definition) is 3. The van der Waals surface area contributed by atoms with E-state index in [-0.39, 0.29) is 12.6 Å². The molecule has 1 saturated carbocycles. The minimum Gasteiger partial charge on any atom is -0.395 e. The Hall–Kier alpha value is -0.770. The summed E-state index contributed by atoms with van der Waals surface area (Å²) in [4.78, 5) is 11.2. The Kier molecular flexibility index (Phi) is 5.06. The van der Waals surface area contributed by atoms with E-state index >= 15 is 0 Å². The molecule has 0 aliphatic heterocycles. The molecule has 4 heteroatoms. The Balaban J connectivity index is 2.12. The van der Waals surface area contributed by atoms with Gasteiger partial charge in [0.1, 0.15) is 0 Å². The van der Waals surface area contributed by atoms with E-state index in [4.69, 9.17) is 5.11 Å². The number of nitrogens with one attached hydrogen (secondary N) is 2. The average molecular weight is 228 g/mol. The molecule has 1 fully saturated rings. The van der Waals surface area contributed by atoms with Crippen molar-refractivity contribution in [2.45, 2.75) is 39.5 Å². The van der Waals surface area contributed by atoms with Gasteiger partial charge in [-0.25, -0.2) is 4.79 Å². The molecule has 0 heterocycles. The molecular formula is C12H24N2O2. The average Bonchev–Trinajstić information content (AvgIpc) is 2.25. The van der Waals surface area contributed by atoms with Gasteiger partial charge in [-0.15, -0.1) is 0 Å². The molecule has 0 aromatic heterocycles. The second-order valence-corrected chi connectivity index (χ2v) is 5.47. The first-order valence-corrected chi connectivity index (χ1v) is 6.16. The van der Waals surface area contributed by atoms with E-state index in [2.05, 4.69) is 24.5 Å². The molecule has 0 spiro atoms. The van der Waals surface area contributed by atoms with Crippen molar-refractivity contribution in [3.8, 4) is 0 Å². The summed E-state index contributed by atoms with van der Waals surface area (Å²) >= 11 is 0. The highest BCUT2D eigenvalue weighted by Gasteiger charge is 2.26. The van der Waals surface area contributed by atoms with E-state index in [0.29, 0.717) is 17.9 Å². The van der Waals surface area contributed by atoms with Crippen molar-refractivity contribution in [2.24, 2.45) is 11.3 Å². The summed E-state index contributed by atoms with van der Waals surface area (Å²) < 4.78 is 0. The van der Waals surface area contributed by atoms with Gasteiger partial charge in [0.2, 0.25) is 0 Å². The molecule has 0 saturated heterocycles. The fourth-order valence-electron chi connectivity index (χ4n) is 2.13. The van der Waals surface area contributed by atoms with Gasteiger partial charge in [-0.05, 0) is 37.0 Å². The van der Waals surface area contributed by atoms with Gasteiger partial charge in [-0.2, -0.15) is 0 Å². The maximum Gasteiger partial charge on any atom is 0.314 e. The molecule has 0 radical (unpaired) electrons. The second-order valence-electron chi connectivity index (χ2n) is 5.47. The van der Waals surface area contributed by atoms with E-state index in [1.54, 1.807) is 0 Å². The first-order chi connectivity index (χ1) is 7.53. The predicted octanol–water partition coefficient (Wildman–Crippen LogP) is 1.49. The van der Waals surface area contributed by atoms with Crippen LogP contribution in [0.1, 0.15) is 39.5 Å². The van der Waals surface area contributed by atoms with Gasteiger partial charge in [0.25, 0.3) is 0 Å². The van der Waals surface area contributed by atoms with E-state index in [1.165, 1.54) is 25.7 Å². The van der Waals surface area contributed by atoms with Crippen LogP contribution in [0.15, 0.2) is 0 Å². The molecule has 0 bridgehead atoms. The van der Waals surface area contributed by atoms with Gasteiger partial charge in [-0.3, -0.25) is 0 Å². The molecule has 2 amide bonds. The molecule has 3 N–H and O–H groups in total. The van der Waals surface area contributed by atoms with Crippen LogP contribution in [0.25, 0.3) is 0 Å². The lowest BCUT2D eigenvalue weighted by Crippen LogP contribution is -2.40. The van der Waals surface area contributed by atoms with Crippen LogP contribution in [0.3, 0.4) is 0 Å². The summed E-state index contributed by atoms with van der Waals surface area (Å²) in [6, 6.07) is -0.168. The van der Waals surface area contributed by atoms with Crippen molar-refractivity contribution in [1.29, 1.82) is 0 Å². The maximum atomic E-state index is 11.2. The Morgan fingerprint density at radius 2 is 1.94 bits per heavy atom. The quantitative estimate of drug-likeness (QED) is 0.683. The van der Waals surface area contributed by atoms with Crippen LogP contribution in [0, 0.1) is 11.3 Å². The molecule has 0 aromatic carbocycles. The van der Waals surface area contributed by atoms with Crippen molar-refractivity contribution < 1.29 is 9.90 Å². The monoisotopic (exact) mass is 228 g/mol. The fourth-order valence-corrected chi connectivity index (χ4v) is 2.13. The van der Waals surface area contributed by atoms with Crippen LogP contribution in [0.4, 0.5) is 4.79 Å². The van der Waals surface area contributed by atoms with E-state index in [1.807, 2.05) is 0 Å². The first kappa shape index (κ1) is 13.3. The fraction of sp³-hybridized carbons (Fsp3) is 0.917. The van der Waals surface area contributed by atoms with Gasteiger partial charge >= 0.3 is 6.03 Å². The standard InChI is InChI=1S/C12H24N2O2/c1-12(2)5-3-10(4-6-12)9-14-11(16)13-7-8-15/h10,15H,3-9H2,1-2H3,(H2,13,14,16). The molecule has 94 valence electrons. The van der Waals surface area contributed by atoms with Crippen LogP contribution < -0.4 is 10.6 Å². The van der Waals surface area contributed by atoms with Gasteiger partial charge in [0, 0.05) is 13.1 Å². The van der Waals surface area contributed by atoms with Gasteiger partial charge in [0.15, 0.2) is 0 Å². The highest BCUT2D eigenvalue weighted by molar-refractivity contribution is 5.73. The maximum absolute atomic E-state index is 11.2. The molecule has 0 atom stereocenters. The van der Waals surface area contributed by atoms with Crippen LogP contribution >= 0.6 is 0 Å². The summed E-state index contributed by atoms with van der Waals surface area (Å²) in [5, 5.41) is 14.0. The predicted molar refractivity (Wildman–Crippen MR) is 64.2 cm³/mol. The van der Waals surface area contributed by atoms with Crippen molar-refractivity contribution in [2.75, 3.05) is 19.7 Å². The van der Waals surface area contributed by atoms with Crippen molar-refractivity contribution in [1.82, 2.24) is 10.6 Å². The smallest absolute Gasteiger partial charge is 0.314 e. The lowest BCUT2D eigenvalue weighted by Gasteiger charge is -2.34. The lowest BCUT2D eigenvalue weighted by molar-refractivity contribution is 0.187. The van der Waals surface area contributed by atoms with Gasteiger partial charge < -0.3 is 15.7 Å². The minimum absolute atomic E-state index is 0.00889. The number of rotatable bonds is 4. The molecule has 1 rings (SSSR count). The number of hydrogen-bond acceptors (Lipinski definition) is 2. The number of carbonyl (C=O) groups is 1. The van der Waals surface area contributed by atoms with Gasteiger partial charge in [-0.1, -0.05) is 13.8 Å². The molecule has 1 aliphatic carbocycles. The zero-order chi connectivity index (χ0) is 12.0. The Morgan fingerprint density at radius 3 is 2.50 bits per heavy atom. The number of aliphatic hydroxyl groups is 1. The molecular weight excluding hydrogens is 204 g/mol. The summed E-state index contributed by atoms with van der Waals surface area (Å²) in [7, 11) is 0. The summed E-state index contributed by atoms with van der Waals surface area (Å²) in [5.74, 6) is 0.618. The van der Waals surface area contributed by atoms with Crippen molar-refractivity contribution in [3.63, 3.8) is 0 Å². The minimum atomic E-state index is -0.168. The third-order valence-electron chi connectivity index (χ3n) is 3.41. The lowest BCUT2D eigenvalue weighted by atomic mass is 9.73. The second kappa shape index (κ2) is 6.09. The van der Waals surface area contributed by atoms with Crippen LogP contribution in [0.2, 0.25) is 0 Å². The summed E-state index contributed by atoms with van der Waals surface area (Å²) in [6.45, 7) is 5.69. The van der Waals surface area contributed by atoms with Crippen molar-refractivity contribution in [3.05, 3.63) is 0 Å². The largest absolute Gasteiger partial charge is 0.395 e. The number of carbonyl (C=O) groups excluding carboxylic acids is 1. The zero-order valence-electron chi connectivity index (χ0n) is 10.4.